The highest BCUT2D eigenvalue weighted by atomic mass is 35.5. The molecule has 0 amide bonds. The zero-order valence-electron chi connectivity index (χ0n) is 7.89. The van der Waals surface area contributed by atoms with E-state index in [1.807, 2.05) is 0 Å². The number of benzene rings is 1. The highest BCUT2D eigenvalue weighted by Crippen LogP contribution is 2.17. The number of halogens is 1. The molecule has 0 aromatic heterocycles. The number of hydrogen-bond donors (Lipinski definition) is 1. The SMILES string of the molecule is O=S(=O)(O)CCCOc1cccc(Cl)c1. The van der Waals surface area contributed by atoms with E-state index >= 15 is 0 Å². The van der Waals surface area contributed by atoms with E-state index in [0.717, 1.165) is 0 Å². The van der Waals surface area contributed by atoms with E-state index in [9.17, 15) is 8.42 Å². The topological polar surface area (TPSA) is 63.6 Å². The Morgan fingerprint density at radius 3 is 2.73 bits per heavy atom. The lowest BCUT2D eigenvalue weighted by atomic mass is 10.3. The second kappa shape index (κ2) is 5.34. The molecule has 0 spiro atoms. The first kappa shape index (κ1) is 12.3. The summed E-state index contributed by atoms with van der Waals surface area (Å²) in [5.41, 5.74) is 0. The van der Waals surface area contributed by atoms with Gasteiger partial charge in [-0.15, -0.1) is 0 Å². The molecule has 0 unspecified atom stereocenters. The molecule has 1 aromatic carbocycles. The van der Waals surface area contributed by atoms with Gasteiger partial charge in [-0.05, 0) is 24.6 Å². The molecular formula is C9H11ClO4S. The maximum atomic E-state index is 10.4. The van der Waals surface area contributed by atoms with Crippen LogP contribution in [0.25, 0.3) is 0 Å². The first-order chi connectivity index (χ1) is 6.97. The lowest BCUT2D eigenvalue weighted by molar-refractivity contribution is 0.316. The van der Waals surface area contributed by atoms with Crippen LogP contribution in [0.3, 0.4) is 0 Å². The summed E-state index contributed by atoms with van der Waals surface area (Å²) < 4.78 is 34.4. The molecule has 0 aliphatic carbocycles. The second-order valence-corrected chi connectivity index (χ2v) is 4.95. The maximum absolute atomic E-state index is 10.4. The van der Waals surface area contributed by atoms with Crippen molar-refractivity contribution >= 4 is 21.7 Å². The number of hydrogen-bond acceptors (Lipinski definition) is 3. The van der Waals surface area contributed by atoms with E-state index in [4.69, 9.17) is 20.9 Å². The van der Waals surface area contributed by atoms with Gasteiger partial charge >= 0.3 is 0 Å². The third-order valence-electron chi connectivity index (χ3n) is 1.61. The van der Waals surface area contributed by atoms with E-state index in [0.29, 0.717) is 10.8 Å². The minimum Gasteiger partial charge on any atom is -0.494 e. The van der Waals surface area contributed by atoms with E-state index in [1.54, 1.807) is 24.3 Å². The van der Waals surface area contributed by atoms with E-state index in [-0.39, 0.29) is 18.8 Å². The number of rotatable bonds is 5. The minimum absolute atomic E-state index is 0.222. The Balaban J connectivity index is 2.32. The zero-order valence-corrected chi connectivity index (χ0v) is 9.46. The highest BCUT2D eigenvalue weighted by molar-refractivity contribution is 7.85. The molecule has 1 rings (SSSR count). The fourth-order valence-corrected chi connectivity index (χ4v) is 1.65. The molecule has 1 N–H and O–H groups in total. The van der Waals surface area contributed by atoms with Gasteiger partial charge in [-0.3, -0.25) is 4.55 Å². The first-order valence-corrected chi connectivity index (χ1v) is 6.29. The molecular weight excluding hydrogens is 240 g/mol. The van der Waals surface area contributed by atoms with Crippen molar-refractivity contribution in [2.45, 2.75) is 6.42 Å². The molecule has 15 heavy (non-hydrogen) atoms. The van der Waals surface area contributed by atoms with Crippen molar-refractivity contribution in [1.29, 1.82) is 0 Å². The Kier molecular flexibility index (Phi) is 4.38. The summed E-state index contributed by atoms with van der Waals surface area (Å²) in [6.07, 6.45) is 0.241. The molecule has 0 bridgehead atoms. The van der Waals surface area contributed by atoms with E-state index < -0.39 is 10.1 Å². The van der Waals surface area contributed by atoms with Crippen molar-refractivity contribution < 1.29 is 17.7 Å². The van der Waals surface area contributed by atoms with Crippen molar-refractivity contribution in [3.8, 4) is 5.75 Å². The average molecular weight is 251 g/mol. The third-order valence-corrected chi connectivity index (χ3v) is 2.65. The van der Waals surface area contributed by atoms with Gasteiger partial charge in [-0.1, -0.05) is 17.7 Å². The van der Waals surface area contributed by atoms with Crippen molar-refractivity contribution in [3.63, 3.8) is 0 Å². The summed E-state index contributed by atoms with van der Waals surface area (Å²) in [7, 11) is -3.89. The molecule has 0 radical (unpaired) electrons. The quantitative estimate of drug-likeness (QED) is 0.641. The first-order valence-electron chi connectivity index (χ1n) is 4.31. The number of ether oxygens (including phenoxy) is 1. The van der Waals surface area contributed by atoms with Crippen molar-refractivity contribution in [2.24, 2.45) is 0 Å². The van der Waals surface area contributed by atoms with E-state index in [1.165, 1.54) is 0 Å². The highest BCUT2D eigenvalue weighted by Gasteiger charge is 2.03. The zero-order chi connectivity index (χ0) is 11.3. The molecule has 84 valence electrons. The molecule has 1 aromatic rings. The van der Waals surface area contributed by atoms with Gasteiger partial charge < -0.3 is 4.74 Å². The molecule has 0 fully saturated rings. The predicted molar refractivity (Wildman–Crippen MR) is 58.0 cm³/mol. The minimum atomic E-state index is -3.89. The normalized spacial score (nSPS) is 11.3. The van der Waals surface area contributed by atoms with Gasteiger partial charge in [0.15, 0.2) is 0 Å². The molecule has 0 atom stereocenters. The maximum Gasteiger partial charge on any atom is 0.264 e. The smallest absolute Gasteiger partial charge is 0.264 e. The lowest BCUT2D eigenvalue weighted by Crippen LogP contribution is -2.08. The summed E-state index contributed by atoms with van der Waals surface area (Å²) in [4.78, 5) is 0. The van der Waals surface area contributed by atoms with Gasteiger partial charge in [0.2, 0.25) is 0 Å². The Bertz CT molecular complexity index is 416. The lowest BCUT2D eigenvalue weighted by Gasteiger charge is -2.05. The van der Waals surface area contributed by atoms with Crippen LogP contribution < -0.4 is 4.74 Å². The van der Waals surface area contributed by atoms with Gasteiger partial charge in [0.1, 0.15) is 5.75 Å². The van der Waals surface area contributed by atoms with Crippen LogP contribution in [0.4, 0.5) is 0 Å². The summed E-state index contributed by atoms with van der Waals surface area (Å²) >= 11 is 5.71. The van der Waals surface area contributed by atoms with Gasteiger partial charge in [-0.2, -0.15) is 8.42 Å². The molecule has 0 saturated carbocycles. The van der Waals surface area contributed by atoms with Crippen LogP contribution in [0.1, 0.15) is 6.42 Å². The molecule has 6 heteroatoms. The van der Waals surface area contributed by atoms with Crippen LogP contribution in [0.2, 0.25) is 5.02 Å². The molecule has 4 nitrogen and oxygen atoms in total. The van der Waals surface area contributed by atoms with Crippen LogP contribution in [0.5, 0.6) is 5.75 Å². The van der Waals surface area contributed by atoms with Crippen molar-refractivity contribution in [3.05, 3.63) is 29.3 Å². The fourth-order valence-electron chi connectivity index (χ4n) is 0.988. The molecule has 0 aliphatic rings. The van der Waals surface area contributed by atoms with Gasteiger partial charge in [0.05, 0.1) is 12.4 Å². The largest absolute Gasteiger partial charge is 0.494 e. The third kappa shape index (κ3) is 5.61. The average Bonchev–Trinajstić information content (AvgIpc) is 2.11. The Morgan fingerprint density at radius 2 is 2.13 bits per heavy atom. The molecule has 0 saturated heterocycles. The van der Waals surface area contributed by atoms with Crippen LogP contribution in [-0.4, -0.2) is 25.3 Å². The van der Waals surface area contributed by atoms with Gasteiger partial charge in [0, 0.05) is 5.02 Å². The van der Waals surface area contributed by atoms with Crippen molar-refractivity contribution in [2.75, 3.05) is 12.4 Å². The van der Waals surface area contributed by atoms with Crippen LogP contribution in [0, 0.1) is 0 Å². The van der Waals surface area contributed by atoms with Crippen LogP contribution in [-0.2, 0) is 10.1 Å². The molecule has 0 aliphatic heterocycles. The fraction of sp³-hybridized carbons (Fsp3) is 0.333. The Labute approximate surface area is 93.6 Å². The summed E-state index contributed by atoms with van der Waals surface area (Å²) in [6.45, 7) is 0.222. The standard InChI is InChI=1S/C9H11ClO4S/c10-8-3-1-4-9(7-8)14-5-2-6-15(11,12)13/h1,3-4,7H,2,5-6H2,(H,11,12,13). The van der Waals surface area contributed by atoms with Crippen LogP contribution in [0.15, 0.2) is 24.3 Å². The van der Waals surface area contributed by atoms with Gasteiger partial charge in [-0.25, -0.2) is 0 Å². The van der Waals surface area contributed by atoms with Crippen molar-refractivity contribution in [1.82, 2.24) is 0 Å². The Morgan fingerprint density at radius 1 is 1.40 bits per heavy atom. The second-order valence-electron chi connectivity index (χ2n) is 2.95. The van der Waals surface area contributed by atoms with E-state index in [2.05, 4.69) is 0 Å². The summed E-state index contributed by atoms with van der Waals surface area (Å²) in [5, 5.41) is 0.558. The molecule has 0 heterocycles. The monoisotopic (exact) mass is 250 g/mol. The Hall–Kier alpha value is -0.780. The van der Waals surface area contributed by atoms with Gasteiger partial charge in [0.25, 0.3) is 10.1 Å². The summed E-state index contributed by atoms with van der Waals surface area (Å²) in [5.74, 6) is 0.283. The van der Waals surface area contributed by atoms with Crippen LogP contribution >= 0.6 is 11.6 Å². The summed E-state index contributed by atoms with van der Waals surface area (Å²) in [6, 6.07) is 6.81. The predicted octanol–water partition coefficient (Wildman–Crippen LogP) is 2.00.